The molecule has 1 aromatic carbocycles. The Hall–Kier alpha value is -1.54. The molecule has 1 N–H and O–H groups in total. The van der Waals surface area contributed by atoms with Crippen LogP contribution in [0, 0.1) is 0 Å². The molecule has 1 aromatic heterocycles. The van der Waals surface area contributed by atoms with E-state index in [1.165, 1.54) is 0 Å². The number of nitrogens with zero attached hydrogens (tertiary/aromatic N) is 3. The molecule has 0 radical (unpaired) electrons. The van der Waals surface area contributed by atoms with E-state index in [1.807, 2.05) is 0 Å². The molecule has 17 heavy (non-hydrogen) atoms. The second-order valence-electron chi connectivity index (χ2n) is 2.97. The predicted molar refractivity (Wildman–Crippen MR) is 66.4 cm³/mol. The van der Waals surface area contributed by atoms with Gasteiger partial charge in [0.15, 0.2) is 0 Å². The number of benzene rings is 1. The Morgan fingerprint density at radius 2 is 2.35 bits per heavy atom. The fraction of sp³-hybridized carbons (Fsp3) is 0.111. The largest absolute Gasteiger partial charge is 0.497 e. The summed E-state index contributed by atoms with van der Waals surface area (Å²) in [6.45, 7) is 0. The molecule has 0 aliphatic carbocycles. The number of carbonyl (C=O) groups is 1. The smallest absolute Gasteiger partial charge is 0.258 e. The Kier molecular flexibility index (Phi) is 3.64. The molecule has 0 atom stereocenters. The van der Waals surface area contributed by atoms with Gasteiger partial charge in [-0.25, -0.2) is 0 Å². The quantitative estimate of drug-likeness (QED) is 0.937. The van der Waals surface area contributed by atoms with Crippen LogP contribution in [0.5, 0.6) is 5.75 Å². The molecule has 8 heteroatoms. The maximum Gasteiger partial charge on any atom is 0.258 e. The summed E-state index contributed by atoms with van der Waals surface area (Å²) in [5.74, 6) is 0.308. The molecule has 0 fully saturated rings. The van der Waals surface area contributed by atoms with Crippen LogP contribution in [0.15, 0.2) is 22.7 Å². The summed E-state index contributed by atoms with van der Waals surface area (Å²) in [5.41, 5.74) is 0.458. The minimum Gasteiger partial charge on any atom is -0.497 e. The number of rotatable bonds is 3. The standard InChI is InChI=1S/C9H7BrN4O2S/c1-16-5-2-3-7(10)6(4-5)8(15)11-9-12-13-14-17-9/h2-4H,1H3,(H,11,12,14,15). The second-order valence-corrected chi connectivity index (χ2v) is 4.55. The van der Waals surface area contributed by atoms with E-state index >= 15 is 0 Å². The third kappa shape index (κ3) is 2.77. The van der Waals surface area contributed by atoms with Gasteiger partial charge in [-0.05, 0) is 39.3 Å². The molecule has 0 aliphatic heterocycles. The fourth-order valence-corrected chi connectivity index (χ4v) is 1.94. The number of amides is 1. The van der Waals surface area contributed by atoms with Crippen molar-refractivity contribution < 1.29 is 9.53 Å². The van der Waals surface area contributed by atoms with E-state index in [2.05, 4.69) is 36.0 Å². The van der Waals surface area contributed by atoms with Gasteiger partial charge < -0.3 is 4.74 Å². The molecule has 0 saturated heterocycles. The van der Waals surface area contributed by atoms with Crippen molar-refractivity contribution in [3.63, 3.8) is 0 Å². The molecule has 2 aromatic rings. The molecule has 6 nitrogen and oxygen atoms in total. The molecule has 0 aliphatic rings. The van der Waals surface area contributed by atoms with E-state index < -0.39 is 0 Å². The lowest BCUT2D eigenvalue weighted by Crippen LogP contribution is -2.12. The lowest BCUT2D eigenvalue weighted by Gasteiger charge is -2.06. The number of halogens is 1. The normalized spacial score (nSPS) is 10.0. The molecule has 0 spiro atoms. The number of carbonyl (C=O) groups excluding carboxylic acids is 1. The minimum absolute atomic E-state index is 0.297. The second kappa shape index (κ2) is 5.19. The van der Waals surface area contributed by atoms with E-state index in [4.69, 9.17) is 4.74 Å². The first kappa shape index (κ1) is 11.9. The zero-order valence-corrected chi connectivity index (χ0v) is 11.1. The van der Waals surface area contributed by atoms with Crippen LogP contribution in [-0.2, 0) is 0 Å². The maximum atomic E-state index is 11.9. The fourth-order valence-electron chi connectivity index (χ4n) is 1.15. The minimum atomic E-state index is -0.297. The van der Waals surface area contributed by atoms with E-state index in [0.29, 0.717) is 20.9 Å². The highest BCUT2D eigenvalue weighted by molar-refractivity contribution is 9.10. The van der Waals surface area contributed by atoms with Crippen molar-refractivity contribution in [2.24, 2.45) is 0 Å². The highest BCUT2D eigenvalue weighted by Gasteiger charge is 2.13. The number of aromatic nitrogens is 3. The number of hydrogen-bond acceptors (Lipinski definition) is 6. The van der Waals surface area contributed by atoms with Gasteiger partial charge in [0.1, 0.15) is 5.75 Å². The summed E-state index contributed by atoms with van der Waals surface area (Å²) in [7, 11) is 1.54. The van der Waals surface area contributed by atoms with E-state index in [1.54, 1.807) is 25.3 Å². The molecule has 0 bridgehead atoms. The van der Waals surface area contributed by atoms with E-state index in [0.717, 1.165) is 11.5 Å². The Morgan fingerprint density at radius 1 is 1.53 bits per heavy atom. The zero-order valence-electron chi connectivity index (χ0n) is 8.68. The summed E-state index contributed by atoms with van der Waals surface area (Å²) in [6, 6.07) is 5.13. The summed E-state index contributed by atoms with van der Waals surface area (Å²) < 4.78 is 9.29. The molecular weight excluding hydrogens is 308 g/mol. The highest BCUT2D eigenvalue weighted by Crippen LogP contribution is 2.23. The summed E-state index contributed by atoms with van der Waals surface area (Å²) in [6.07, 6.45) is 0. The first-order valence-electron chi connectivity index (χ1n) is 4.50. The molecule has 1 heterocycles. The number of methoxy groups -OCH3 is 1. The summed E-state index contributed by atoms with van der Waals surface area (Å²) >= 11 is 4.31. The molecule has 0 unspecified atom stereocenters. The van der Waals surface area contributed by atoms with Gasteiger partial charge in [-0.1, -0.05) is 9.59 Å². The average molecular weight is 315 g/mol. The topological polar surface area (TPSA) is 77.0 Å². The SMILES string of the molecule is COc1ccc(Br)c(C(=O)Nc2nnns2)c1. The predicted octanol–water partition coefficient (Wildman–Crippen LogP) is 1.96. The van der Waals surface area contributed by atoms with Crippen molar-refractivity contribution >= 4 is 38.5 Å². The van der Waals surface area contributed by atoms with Crippen LogP contribution < -0.4 is 10.1 Å². The van der Waals surface area contributed by atoms with Crippen LogP contribution in [0.4, 0.5) is 5.13 Å². The zero-order chi connectivity index (χ0) is 12.3. The van der Waals surface area contributed by atoms with Crippen molar-refractivity contribution in [2.75, 3.05) is 12.4 Å². The van der Waals surface area contributed by atoms with Crippen molar-refractivity contribution in [1.82, 2.24) is 14.8 Å². The average Bonchev–Trinajstić information content (AvgIpc) is 2.82. The Morgan fingerprint density at radius 3 is 3.00 bits per heavy atom. The molecule has 2 rings (SSSR count). The van der Waals surface area contributed by atoms with Gasteiger partial charge in [0, 0.05) is 16.0 Å². The Balaban J connectivity index is 2.24. The maximum absolute atomic E-state index is 11.9. The monoisotopic (exact) mass is 314 g/mol. The van der Waals surface area contributed by atoms with Crippen LogP contribution in [0.25, 0.3) is 0 Å². The lowest BCUT2D eigenvalue weighted by atomic mass is 10.2. The number of nitrogens with one attached hydrogen (secondary N) is 1. The lowest BCUT2D eigenvalue weighted by molar-refractivity contribution is 0.102. The van der Waals surface area contributed by atoms with Crippen LogP contribution >= 0.6 is 27.5 Å². The van der Waals surface area contributed by atoms with Gasteiger partial charge in [0.05, 0.1) is 12.7 Å². The van der Waals surface area contributed by atoms with Gasteiger partial charge in [-0.2, -0.15) is 0 Å². The van der Waals surface area contributed by atoms with Crippen molar-refractivity contribution in [3.05, 3.63) is 28.2 Å². The first-order valence-corrected chi connectivity index (χ1v) is 6.07. The molecule has 1 amide bonds. The van der Waals surface area contributed by atoms with Crippen LogP contribution in [0.3, 0.4) is 0 Å². The third-order valence-corrected chi connectivity index (χ3v) is 3.14. The molecular formula is C9H7BrN4O2S. The summed E-state index contributed by atoms with van der Waals surface area (Å²) in [5, 5.41) is 9.97. The van der Waals surface area contributed by atoms with E-state index in [-0.39, 0.29) is 5.91 Å². The highest BCUT2D eigenvalue weighted by atomic mass is 79.9. The Labute approximate surface area is 109 Å². The van der Waals surface area contributed by atoms with Gasteiger partial charge in [-0.3, -0.25) is 10.1 Å². The first-order chi connectivity index (χ1) is 8.20. The van der Waals surface area contributed by atoms with Crippen molar-refractivity contribution in [3.8, 4) is 5.75 Å². The number of ether oxygens (including phenoxy) is 1. The van der Waals surface area contributed by atoms with Crippen molar-refractivity contribution in [2.45, 2.75) is 0 Å². The van der Waals surface area contributed by atoms with Gasteiger partial charge >= 0.3 is 0 Å². The molecule has 0 saturated carbocycles. The van der Waals surface area contributed by atoms with E-state index in [9.17, 15) is 4.79 Å². The van der Waals surface area contributed by atoms with Crippen molar-refractivity contribution in [1.29, 1.82) is 0 Å². The van der Waals surface area contributed by atoms with Gasteiger partial charge in [-0.15, -0.1) is 0 Å². The molecule has 88 valence electrons. The third-order valence-electron chi connectivity index (χ3n) is 1.94. The Bertz CT molecular complexity index is 532. The van der Waals surface area contributed by atoms with Crippen LogP contribution in [0.1, 0.15) is 10.4 Å². The van der Waals surface area contributed by atoms with Gasteiger partial charge in [0.25, 0.3) is 5.91 Å². The summed E-state index contributed by atoms with van der Waals surface area (Å²) in [4.78, 5) is 11.9. The van der Waals surface area contributed by atoms with Gasteiger partial charge in [0.2, 0.25) is 5.13 Å². The van der Waals surface area contributed by atoms with Crippen LogP contribution in [-0.4, -0.2) is 27.8 Å². The van der Waals surface area contributed by atoms with Crippen LogP contribution in [0.2, 0.25) is 0 Å². The number of hydrogen-bond donors (Lipinski definition) is 1. The number of anilines is 1.